The molecule has 3 rings (SSSR count). The molecule has 3 heterocycles. The molecule has 1 amide bonds. The molecule has 0 aliphatic heterocycles. The van der Waals surface area contributed by atoms with Gasteiger partial charge in [-0.3, -0.25) is 9.78 Å². The van der Waals surface area contributed by atoms with Gasteiger partial charge in [0.25, 0.3) is 5.91 Å². The summed E-state index contributed by atoms with van der Waals surface area (Å²) in [5, 5.41) is 15.3. The van der Waals surface area contributed by atoms with Crippen molar-refractivity contribution in [3.63, 3.8) is 0 Å². The SMILES string of the molecule is COc1cnc(CSc2nnc(C)s2)cc1OCC(=O)Nc1cc(C)on1. The Balaban J connectivity index is 1.60. The number of hydrogen-bond donors (Lipinski definition) is 1. The number of methoxy groups -OCH3 is 1. The number of pyridine rings is 1. The number of nitrogens with zero attached hydrogens (tertiary/aromatic N) is 4. The zero-order valence-corrected chi connectivity index (χ0v) is 16.5. The van der Waals surface area contributed by atoms with Crippen LogP contribution >= 0.6 is 23.1 Å². The number of thioether (sulfide) groups is 1. The lowest BCUT2D eigenvalue weighted by molar-refractivity contribution is -0.118. The van der Waals surface area contributed by atoms with Crippen LogP contribution in [0, 0.1) is 13.8 Å². The molecule has 0 saturated heterocycles. The monoisotopic (exact) mass is 407 g/mol. The second-order valence-electron chi connectivity index (χ2n) is 5.36. The van der Waals surface area contributed by atoms with E-state index in [4.69, 9.17) is 14.0 Å². The topological polar surface area (TPSA) is 112 Å². The molecule has 0 aromatic carbocycles. The van der Waals surface area contributed by atoms with Crippen LogP contribution in [0.1, 0.15) is 16.5 Å². The molecule has 0 atom stereocenters. The van der Waals surface area contributed by atoms with Crippen molar-refractivity contribution >= 4 is 34.8 Å². The molecule has 3 aromatic heterocycles. The van der Waals surface area contributed by atoms with E-state index in [2.05, 4.69) is 25.7 Å². The van der Waals surface area contributed by atoms with Crippen molar-refractivity contribution in [1.29, 1.82) is 0 Å². The number of rotatable bonds is 8. The van der Waals surface area contributed by atoms with Crippen molar-refractivity contribution in [2.45, 2.75) is 23.9 Å². The first-order chi connectivity index (χ1) is 13.0. The summed E-state index contributed by atoms with van der Waals surface area (Å²) in [5.41, 5.74) is 0.774. The number of hydrogen-bond acceptors (Lipinski definition) is 10. The third kappa shape index (κ3) is 5.41. The van der Waals surface area contributed by atoms with E-state index in [1.54, 1.807) is 25.3 Å². The number of aromatic nitrogens is 4. The number of nitrogens with one attached hydrogen (secondary N) is 1. The zero-order valence-electron chi connectivity index (χ0n) is 14.9. The van der Waals surface area contributed by atoms with E-state index < -0.39 is 0 Å². The van der Waals surface area contributed by atoms with Crippen molar-refractivity contribution < 1.29 is 18.8 Å². The predicted molar refractivity (Wildman–Crippen MR) is 100 cm³/mol. The maximum absolute atomic E-state index is 12.0. The molecule has 9 nitrogen and oxygen atoms in total. The van der Waals surface area contributed by atoms with E-state index in [9.17, 15) is 4.79 Å². The summed E-state index contributed by atoms with van der Waals surface area (Å²) in [6.45, 7) is 3.45. The first kappa shape index (κ1) is 19.1. The van der Waals surface area contributed by atoms with E-state index in [-0.39, 0.29) is 12.5 Å². The van der Waals surface area contributed by atoms with Crippen molar-refractivity contribution in [1.82, 2.24) is 20.3 Å². The quantitative estimate of drug-likeness (QED) is 0.563. The predicted octanol–water partition coefficient (Wildman–Crippen LogP) is 2.86. The molecule has 0 spiro atoms. The number of ether oxygens (including phenoxy) is 2. The third-order valence-electron chi connectivity index (χ3n) is 3.21. The average Bonchev–Trinajstić information content (AvgIpc) is 3.26. The Hall–Kier alpha value is -2.66. The molecule has 3 aromatic rings. The van der Waals surface area contributed by atoms with Crippen LogP contribution in [0.2, 0.25) is 0 Å². The first-order valence-corrected chi connectivity index (χ1v) is 9.65. The summed E-state index contributed by atoms with van der Waals surface area (Å²) < 4.78 is 16.6. The van der Waals surface area contributed by atoms with Crippen LogP contribution in [0.3, 0.4) is 0 Å². The highest BCUT2D eigenvalue weighted by atomic mass is 32.2. The lowest BCUT2D eigenvalue weighted by Gasteiger charge is -2.11. The molecule has 0 unspecified atom stereocenters. The van der Waals surface area contributed by atoms with Crippen molar-refractivity contribution in [2.24, 2.45) is 0 Å². The van der Waals surface area contributed by atoms with Crippen molar-refractivity contribution in [3.8, 4) is 11.5 Å². The van der Waals surface area contributed by atoms with Gasteiger partial charge in [0.2, 0.25) is 0 Å². The van der Waals surface area contributed by atoms with E-state index in [1.165, 1.54) is 30.2 Å². The highest BCUT2D eigenvalue weighted by molar-refractivity contribution is 8.00. The van der Waals surface area contributed by atoms with Crippen molar-refractivity contribution in [2.75, 3.05) is 19.0 Å². The second-order valence-corrected chi connectivity index (χ2v) is 7.77. The fraction of sp³-hybridized carbons (Fsp3) is 0.312. The molecule has 0 aliphatic carbocycles. The van der Waals surface area contributed by atoms with Gasteiger partial charge in [-0.25, -0.2) is 0 Å². The molecular formula is C16H17N5O4S2. The van der Waals surface area contributed by atoms with Gasteiger partial charge in [0, 0.05) is 17.9 Å². The Morgan fingerprint density at radius 3 is 2.81 bits per heavy atom. The van der Waals surface area contributed by atoms with E-state index >= 15 is 0 Å². The van der Waals surface area contributed by atoms with E-state index in [1.807, 2.05) is 6.92 Å². The molecule has 0 saturated carbocycles. The molecule has 0 bridgehead atoms. The molecule has 0 aliphatic rings. The standard InChI is InChI=1S/C16H17N5O4S2/c1-9-4-14(21-25-9)18-15(22)7-24-12-5-11(17-6-13(12)23-3)8-26-16-20-19-10(2)27-16/h4-6H,7-8H2,1-3H3,(H,18,21,22). The minimum atomic E-state index is -0.359. The summed E-state index contributed by atoms with van der Waals surface area (Å²) in [4.78, 5) is 16.3. The van der Waals surface area contributed by atoms with Crippen LogP contribution in [0.15, 0.2) is 27.2 Å². The average molecular weight is 407 g/mol. The van der Waals surface area contributed by atoms with Gasteiger partial charge in [-0.2, -0.15) is 0 Å². The lowest BCUT2D eigenvalue weighted by Crippen LogP contribution is -2.20. The number of carbonyl (C=O) groups excluding carboxylic acids is 1. The number of carbonyl (C=O) groups is 1. The minimum Gasteiger partial charge on any atom is -0.491 e. The fourth-order valence-corrected chi connectivity index (χ4v) is 3.75. The summed E-state index contributed by atoms with van der Waals surface area (Å²) in [5.74, 6) is 2.06. The lowest BCUT2D eigenvalue weighted by atomic mass is 10.3. The smallest absolute Gasteiger partial charge is 0.263 e. The highest BCUT2D eigenvalue weighted by Crippen LogP contribution is 2.30. The largest absolute Gasteiger partial charge is 0.491 e. The number of anilines is 1. The Labute approximate surface area is 163 Å². The van der Waals surface area contributed by atoms with E-state index in [0.717, 1.165) is 15.0 Å². The van der Waals surface area contributed by atoms with Crippen molar-refractivity contribution in [3.05, 3.63) is 34.8 Å². The third-order valence-corrected chi connectivity index (χ3v) is 5.22. The molecule has 0 fully saturated rings. The summed E-state index contributed by atoms with van der Waals surface area (Å²) >= 11 is 3.06. The van der Waals surface area contributed by atoms with Gasteiger partial charge in [0.1, 0.15) is 10.8 Å². The maximum Gasteiger partial charge on any atom is 0.263 e. The second kappa shape index (κ2) is 8.82. The van der Waals surface area contributed by atoms with Crippen LogP contribution in [-0.2, 0) is 10.5 Å². The maximum atomic E-state index is 12.0. The molecule has 11 heteroatoms. The van der Waals surface area contributed by atoms with Gasteiger partial charge in [-0.05, 0) is 13.8 Å². The van der Waals surface area contributed by atoms with Crippen LogP contribution in [0.4, 0.5) is 5.82 Å². The molecule has 0 radical (unpaired) electrons. The van der Waals surface area contributed by atoms with Crippen LogP contribution < -0.4 is 14.8 Å². The first-order valence-electron chi connectivity index (χ1n) is 7.85. The van der Waals surface area contributed by atoms with Gasteiger partial charge < -0.3 is 19.3 Å². The fourth-order valence-electron chi connectivity index (χ4n) is 2.03. The van der Waals surface area contributed by atoms with Crippen LogP contribution in [-0.4, -0.2) is 40.0 Å². The summed E-state index contributed by atoms with van der Waals surface area (Å²) in [6.07, 6.45) is 1.56. The zero-order chi connectivity index (χ0) is 19.2. The van der Waals surface area contributed by atoms with Gasteiger partial charge in [0.05, 0.1) is 19.0 Å². The van der Waals surface area contributed by atoms with Gasteiger partial charge >= 0.3 is 0 Å². The van der Waals surface area contributed by atoms with Gasteiger partial charge in [-0.1, -0.05) is 28.3 Å². The Kier molecular flexibility index (Phi) is 6.24. The van der Waals surface area contributed by atoms with Crippen LogP contribution in [0.5, 0.6) is 11.5 Å². The Morgan fingerprint density at radius 2 is 2.15 bits per heavy atom. The molecular weight excluding hydrogens is 390 g/mol. The summed E-state index contributed by atoms with van der Waals surface area (Å²) in [6, 6.07) is 3.36. The van der Waals surface area contributed by atoms with E-state index in [0.29, 0.717) is 28.8 Å². The normalized spacial score (nSPS) is 10.6. The van der Waals surface area contributed by atoms with Gasteiger partial charge in [-0.15, -0.1) is 10.2 Å². The minimum absolute atomic E-state index is 0.200. The number of amides is 1. The Morgan fingerprint density at radius 1 is 1.30 bits per heavy atom. The highest BCUT2D eigenvalue weighted by Gasteiger charge is 2.12. The Bertz CT molecular complexity index is 927. The molecule has 27 heavy (non-hydrogen) atoms. The summed E-state index contributed by atoms with van der Waals surface area (Å²) in [7, 11) is 1.51. The number of aryl methyl sites for hydroxylation is 2. The molecule has 142 valence electrons. The van der Waals surface area contributed by atoms with Gasteiger partial charge in [0.15, 0.2) is 28.3 Å². The van der Waals surface area contributed by atoms with Crippen LogP contribution in [0.25, 0.3) is 0 Å². The molecule has 1 N–H and O–H groups in total.